The van der Waals surface area contributed by atoms with Gasteiger partial charge in [0.15, 0.2) is 0 Å². The second kappa shape index (κ2) is 13.6. The molecule has 12 nitrogen and oxygen atoms in total. The minimum Gasteiger partial charge on any atom is -0.392 e. The molecule has 2 aromatic carbocycles. The number of piperazine rings is 1. The number of amides is 1. The molecule has 46 heavy (non-hydrogen) atoms. The van der Waals surface area contributed by atoms with Crippen LogP contribution in [0.25, 0.3) is 22.1 Å². The molecule has 4 heterocycles. The molecule has 240 valence electrons. The topological polar surface area (TPSA) is 160 Å². The molecule has 1 fully saturated rings. The number of aliphatic hydroxyl groups is 1. The van der Waals surface area contributed by atoms with E-state index in [1.54, 1.807) is 33.0 Å². The van der Waals surface area contributed by atoms with Gasteiger partial charge in [0.05, 0.1) is 40.1 Å². The number of benzene rings is 2. The van der Waals surface area contributed by atoms with E-state index in [9.17, 15) is 14.4 Å². The van der Waals surface area contributed by atoms with Crippen LogP contribution in [0.2, 0.25) is 0 Å². The summed E-state index contributed by atoms with van der Waals surface area (Å²) < 4.78 is 0. The van der Waals surface area contributed by atoms with Crippen molar-refractivity contribution in [3.8, 4) is 0 Å². The molecule has 0 spiro atoms. The Labute approximate surface area is 266 Å². The summed E-state index contributed by atoms with van der Waals surface area (Å²) in [5.74, 6) is -0.170. The Morgan fingerprint density at radius 1 is 0.761 bits per heavy atom. The van der Waals surface area contributed by atoms with Crippen LogP contribution in [0, 0.1) is 34.6 Å². The largest absolute Gasteiger partial charge is 0.392 e. The summed E-state index contributed by atoms with van der Waals surface area (Å²) in [5, 5.41) is 11.7. The van der Waals surface area contributed by atoms with E-state index in [0.29, 0.717) is 22.6 Å². The molecule has 12 heteroatoms. The number of fused-ring (bicyclic) bond motifs is 2. The van der Waals surface area contributed by atoms with Crippen molar-refractivity contribution in [2.75, 3.05) is 38.1 Å². The van der Waals surface area contributed by atoms with Gasteiger partial charge in [0.25, 0.3) is 17.0 Å². The molecule has 0 unspecified atom stereocenters. The summed E-state index contributed by atoms with van der Waals surface area (Å²) in [6.07, 6.45) is 0. The quantitative estimate of drug-likeness (QED) is 0.231. The summed E-state index contributed by atoms with van der Waals surface area (Å²) in [5.41, 5.74) is 10.1. The first-order valence-electron chi connectivity index (χ1n) is 15.3. The van der Waals surface area contributed by atoms with Gasteiger partial charge in [0, 0.05) is 39.8 Å². The number of nitrogens with zero attached hydrogens (tertiary/aromatic N) is 5. The second-order valence-corrected chi connectivity index (χ2v) is 11.6. The molecule has 1 saturated heterocycles. The normalized spacial score (nSPS) is 13.5. The van der Waals surface area contributed by atoms with Gasteiger partial charge < -0.3 is 25.3 Å². The summed E-state index contributed by atoms with van der Waals surface area (Å²) >= 11 is 0. The minimum absolute atomic E-state index is 0.0301. The SMILES string of the molecule is CNC(=O)c1ccc(N2CCN(Cc3ccc4nc(C)c(=O)[nH]c4c3C)CC2)c(C)n1.Cc1nc2ccc(CO)c(C)c2[nH]c1=O. The fourth-order valence-electron chi connectivity index (χ4n) is 5.73. The van der Waals surface area contributed by atoms with E-state index in [0.717, 1.165) is 77.3 Å². The molecule has 0 radical (unpaired) electrons. The number of aromatic nitrogens is 5. The van der Waals surface area contributed by atoms with Crippen LogP contribution in [0.4, 0.5) is 5.69 Å². The van der Waals surface area contributed by atoms with Gasteiger partial charge >= 0.3 is 0 Å². The van der Waals surface area contributed by atoms with Crippen LogP contribution in [0.5, 0.6) is 0 Å². The third-order valence-electron chi connectivity index (χ3n) is 8.62. The van der Waals surface area contributed by atoms with Gasteiger partial charge in [-0.05, 0) is 81.1 Å². The van der Waals surface area contributed by atoms with Gasteiger partial charge in [-0.15, -0.1) is 0 Å². The highest BCUT2D eigenvalue weighted by atomic mass is 16.3. The van der Waals surface area contributed by atoms with E-state index in [4.69, 9.17) is 5.11 Å². The van der Waals surface area contributed by atoms with E-state index in [1.165, 1.54) is 5.56 Å². The lowest BCUT2D eigenvalue weighted by Crippen LogP contribution is -2.46. The van der Waals surface area contributed by atoms with E-state index in [1.807, 2.05) is 39.0 Å². The Balaban J connectivity index is 0.000000232. The zero-order chi connectivity index (χ0) is 33.1. The highest BCUT2D eigenvalue weighted by Crippen LogP contribution is 2.23. The number of H-pyrrole nitrogens is 2. The van der Waals surface area contributed by atoms with Crippen molar-refractivity contribution in [1.29, 1.82) is 0 Å². The molecule has 0 aliphatic carbocycles. The average Bonchev–Trinajstić information content (AvgIpc) is 3.05. The lowest BCUT2D eigenvalue weighted by Gasteiger charge is -2.36. The van der Waals surface area contributed by atoms with E-state index in [2.05, 4.69) is 46.1 Å². The number of carbonyl (C=O) groups is 1. The fourth-order valence-corrected chi connectivity index (χ4v) is 5.73. The van der Waals surface area contributed by atoms with Crippen LogP contribution >= 0.6 is 0 Å². The molecule has 1 aliphatic rings. The monoisotopic (exact) mass is 624 g/mol. The second-order valence-electron chi connectivity index (χ2n) is 11.6. The highest BCUT2D eigenvalue weighted by Gasteiger charge is 2.21. The van der Waals surface area contributed by atoms with Gasteiger partial charge in [-0.25, -0.2) is 15.0 Å². The Bertz CT molecular complexity index is 2040. The van der Waals surface area contributed by atoms with Crippen molar-refractivity contribution < 1.29 is 9.90 Å². The lowest BCUT2D eigenvalue weighted by atomic mass is 10.1. The van der Waals surface area contributed by atoms with Crippen molar-refractivity contribution in [3.05, 3.63) is 102 Å². The summed E-state index contributed by atoms with van der Waals surface area (Å²) in [7, 11) is 1.61. The van der Waals surface area contributed by atoms with Gasteiger partial charge in [-0.3, -0.25) is 19.3 Å². The fraction of sp³-hybridized carbons (Fsp3) is 0.353. The Morgan fingerprint density at radius 2 is 1.30 bits per heavy atom. The van der Waals surface area contributed by atoms with Crippen molar-refractivity contribution in [2.24, 2.45) is 0 Å². The van der Waals surface area contributed by atoms with Crippen molar-refractivity contribution >= 4 is 33.7 Å². The Hall–Kier alpha value is -4.94. The zero-order valence-electron chi connectivity index (χ0n) is 27.1. The third-order valence-corrected chi connectivity index (χ3v) is 8.62. The van der Waals surface area contributed by atoms with Crippen LogP contribution in [0.15, 0.2) is 46.0 Å². The van der Waals surface area contributed by atoms with Crippen LogP contribution < -0.4 is 21.3 Å². The maximum Gasteiger partial charge on any atom is 0.269 e. The predicted octanol–water partition coefficient (Wildman–Crippen LogP) is 2.96. The molecule has 0 atom stereocenters. The number of carbonyl (C=O) groups excluding carboxylic acids is 1. The number of aliphatic hydroxyl groups excluding tert-OH is 1. The molecule has 6 rings (SSSR count). The van der Waals surface area contributed by atoms with Gasteiger partial charge in [-0.2, -0.15) is 0 Å². The number of anilines is 1. The van der Waals surface area contributed by atoms with E-state index < -0.39 is 0 Å². The standard InChI is InChI=1S/C23H28N6O2.C11H12N2O2/c1-14-17(5-6-18-21(14)27-22(30)16(3)26-18)13-28-9-11-29(12-10-28)20-8-7-19(23(31)24-4)25-15(20)2;1-6-8(5-14)3-4-9-10(6)13-11(15)7(2)12-9/h5-8H,9-13H2,1-4H3,(H,24,31)(H,27,30);3-4,14H,5H2,1-2H3,(H,13,15). The van der Waals surface area contributed by atoms with Crippen LogP contribution in [-0.2, 0) is 13.2 Å². The number of hydrogen-bond donors (Lipinski definition) is 4. The minimum atomic E-state index is -0.180. The van der Waals surface area contributed by atoms with Gasteiger partial charge in [-0.1, -0.05) is 12.1 Å². The Kier molecular flexibility index (Phi) is 9.59. The maximum absolute atomic E-state index is 12.0. The summed E-state index contributed by atoms with van der Waals surface area (Å²) in [4.78, 5) is 58.7. The number of aromatic amines is 2. The molecule has 3 aromatic heterocycles. The molecule has 4 N–H and O–H groups in total. The number of hydrogen-bond acceptors (Lipinski definition) is 9. The third kappa shape index (κ3) is 6.68. The smallest absolute Gasteiger partial charge is 0.269 e. The van der Waals surface area contributed by atoms with Gasteiger partial charge in [0.1, 0.15) is 17.1 Å². The lowest BCUT2D eigenvalue weighted by molar-refractivity contribution is 0.0958. The van der Waals surface area contributed by atoms with E-state index in [-0.39, 0.29) is 23.6 Å². The van der Waals surface area contributed by atoms with Crippen molar-refractivity contribution in [1.82, 2.24) is 35.1 Å². The van der Waals surface area contributed by atoms with Crippen LogP contribution in [-0.4, -0.2) is 74.1 Å². The summed E-state index contributed by atoms with van der Waals surface area (Å²) in [6.45, 7) is 13.7. The van der Waals surface area contributed by atoms with Crippen molar-refractivity contribution in [3.63, 3.8) is 0 Å². The molecule has 1 aliphatic heterocycles. The van der Waals surface area contributed by atoms with Crippen LogP contribution in [0.1, 0.15) is 49.8 Å². The zero-order valence-corrected chi connectivity index (χ0v) is 27.1. The van der Waals surface area contributed by atoms with E-state index >= 15 is 0 Å². The molecule has 0 bridgehead atoms. The maximum atomic E-state index is 12.0. The van der Waals surface area contributed by atoms with Crippen molar-refractivity contribution in [2.45, 2.75) is 47.8 Å². The number of aryl methyl sites for hydroxylation is 5. The molecular formula is C34H40N8O4. The number of rotatable bonds is 5. The first kappa shape index (κ1) is 32.5. The van der Waals surface area contributed by atoms with Crippen LogP contribution in [0.3, 0.4) is 0 Å². The highest BCUT2D eigenvalue weighted by molar-refractivity contribution is 5.92. The summed E-state index contributed by atoms with van der Waals surface area (Å²) in [6, 6.07) is 11.5. The molecule has 5 aromatic rings. The number of nitrogens with one attached hydrogen (secondary N) is 3. The molecular weight excluding hydrogens is 584 g/mol. The predicted molar refractivity (Wildman–Crippen MR) is 179 cm³/mol. The molecule has 0 saturated carbocycles. The molecule has 1 amide bonds. The van der Waals surface area contributed by atoms with Gasteiger partial charge in [0.2, 0.25) is 0 Å². The number of pyridine rings is 1. The average molecular weight is 625 g/mol. The first-order valence-corrected chi connectivity index (χ1v) is 15.3. The first-order chi connectivity index (χ1) is 22.0. The Morgan fingerprint density at radius 3 is 1.83 bits per heavy atom.